The second-order valence-electron chi connectivity index (χ2n) is 4.64. The smallest absolute Gasteiger partial charge is 0.295 e. The van der Waals surface area contributed by atoms with Gasteiger partial charge in [-0.3, -0.25) is 4.79 Å². The molecular weight excluding hydrogens is 282 g/mol. The second-order valence-corrected chi connectivity index (χ2v) is 4.64. The van der Waals surface area contributed by atoms with Crippen LogP contribution in [0.3, 0.4) is 0 Å². The Balaban J connectivity index is 1.79. The number of ether oxygens (including phenoxy) is 1. The van der Waals surface area contributed by atoms with Crippen LogP contribution in [-0.4, -0.2) is 32.1 Å². The average molecular weight is 297 g/mol. The Kier molecular flexibility index (Phi) is 3.69. The number of fused-ring (bicyclic) bond motifs is 1. The van der Waals surface area contributed by atoms with Crippen LogP contribution >= 0.6 is 0 Å². The summed E-state index contributed by atoms with van der Waals surface area (Å²) in [5.74, 6) is 0.854. The molecule has 3 rings (SSSR count). The van der Waals surface area contributed by atoms with Crippen molar-refractivity contribution in [1.82, 2.24) is 19.6 Å². The number of hydrogen-bond donors (Lipinski definition) is 1. The molecule has 22 heavy (non-hydrogen) atoms. The van der Waals surface area contributed by atoms with Gasteiger partial charge in [-0.05, 0) is 44.2 Å². The monoisotopic (exact) mass is 297 g/mol. The molecule has 0 aliphatic carbocycles. The fourth-order valence-electron chi connectivity index (χ4n) is 1.99. The zero-order valence-electron chi connectivity index (χ0n) is 12.3. The molecule has 1 amide bonds. The Hall–Kier alpha value is -2.96. The second kappa shape index (κ2) is 5.80. The molecule has 2 heterocycles. The first-order valence-electron chi connectivity index (χ1n) is 6.90. The maximum Gasteiger partial charge on any atom is 0.295 e. The van der Waals surface area contributed by atoms with E-state index in [4.69, 9.17) is 4.74 Å². The molecule has 0 fully saturated rings. The van der Waals surface area contributed by atoms with Gasteiger partial charge in [0.15, 0.2) is 0 Å². The van der Waals surface area contributed by atoms with Crippen LogP contribution in [0.2, 0.25) is 0 Å². The Bertz CT molecular complexity index is 810. The highest BCUT2D eigenvalue weighted by Crippen LogP contribution is 2.16. The summed E-state index contributed by atoms with van der Waals surface area (Å²) in [6, 6.07) is 8.92. The van der Waals surface area contributed by atoms with E-state index in [0.717, 1.165) is 11.4 Å². The Morgan fingerprint density at radius 2 is 2.05 bits per heavy atom. The van der Waals surface area contributed by atoms with Crippen LogP contribution in [-0.2, 0) is 0 Å². The highest BCUT2D eigenvalue weighted by Gasteiger charge is 2.14. The normalized spacial score (nSPS) is 10.6. The third-order valence-electron chi connectivity index (χ3n) is 3.06. The molecular formula is C15H15N5O2. The molecule has 0 bridgehead atoms. The molecule has 7 heteroatoms. The number of hydrogen-bond acceptors (Lipinski definition) is 5. The lowest BCUT2D eigenvalue weighted by atomic mass is 10.3. The van der Waals surface area contributed by atoms with Gasteiger partial charge >= 0.3 is 0 Å². The Morgan fingerprint density at radius 1 is 1.27 bits per heavy atom. The number of nitrogens with zero attached hydrogens (tertiary/aromatic N) is 4. The van der Waals surface area contributed by atoms with Crippen LogP contribution in [0.1, 0.15) is 23.2 Å². The molecule has 1 aromatic carbocycles. The van der Waals surface area contributed by atoms with E-state index in [1.807, 2.05) is 13.8 Å². The zero-order chi connectivity index (χ0) is 15.5. The van der Waals surface area contributed by atoms with Crippen LogP contribution in [0.4, 0.5) is 5.69 Å². The van der Waals surface area contributed by atoms with Crippen molar-refractivity contribution >= 4 is 17.4 Å². The van der Waals surface area contributed by atoms with Crippen LogP contribution in [0, 0.1) is 6.92 Å². The van der Waals surface area contributed by atoms with E-state index in [2.05, 4.69) is 20.4 Å². The van der Waals surface area contributed by atoms with Crippen molar-refractivity contribution in [2.45, 2.75) is 13.8 Å². The lowest BCUT2D eigenvalue weighted by molar-refractivity contribution is 0.101. The first-order chi connectivity index (χ1) is 10.7. The standard InChI is InChI=1S/C15H15N5O2/c1-3-22-12-6-4-11(5-7-12)17-14(21)13-18-15-16-9-8-10(2)20(15)19-13/h4-9H,3H2,1-2H3,(H,17,21). The topological polar surface area (TPSA) is 81.4 Å². The van der Waals surface area contributed by atoms with Gasteiger partial charge in [0.2, 0.25) is 5.82 Å². The Morgan fingerprint density at radius 3 is 2.73 bits per heavy atom. The lowest BCUT2D eigenvalue weighted by Gasteiger charge is -2.05. The quantitative estimate of drug-likeness (QED) is 0.797. The molecule has 2 aromatic heterocycles. The third kappa shape index (κ3) is 2.73. The van der Waals surface area contributed by atoms with Crippen molar-refractivity contribution in [3.05, 3.63) is 48.0 Å². The summed E-state index contributed by atoms with van der Waals surface area (Å²) in [6.07, 6.45) is 1.63. The van der Waals surface area contributed by atoms with E-state index >= 15 is 0 Å². The average Bonchev–Trinajstić information content (AvgIpc) is 2.95. The van der Waals surface area contributed by atoms with Gasteiger partial charge in [-0.25, -0.2) is 9.50 Å². The number of anilines is 1. The SMILES string of the molecule is CCOc1ccc(NC(=O)c2nc3nccc(C)n3n2)cc1. The summed E-state index contributed by atoms with van der Waals surface area (Å²) in [5, 5.41) is 6.91. The van der Waals surface area contributed by atoms with Gasteiger partial charge in [0.05, 0.1) is 6.61 Å². The van der Waals surface area contributed by atoms with E-state index in [-0.39, 0.29) is 11.7 Å². The minimum absolute atomic E-state index is 0.0793. The number of nitrogens with one attached hydrogen (secondary N) is 1. The summed E-state index contributed by atoms with van der Waals surface area (Å²) in [4.78, 5) is 20.4. The van der Waals surface area contributed by atoms with Crippen molar-refractivity contribution in [2.24, 2.45) is 0 Å². The summed E-state index contributed by atoms with van der Waals surface area (Å²) in [7, 11) is 0. The number of carbonyl (C=O) groups excluding carboxylic acids is 1. The molecule has 0 atom stereocenters. The number of carbonyl (C=O) groups is 1. The van der Waals surface area contributed by atoms with E-state index in [1.165, 1.54) is 4.52 Å². The van der Waals surface area contributed by atoms with Gasteiger partial charge in [0.1, 0.15) is 5.75 Å². The van der Waals surface area contributed by atoms with Gasteiger partial charge in [-0.15, -0.1) is 5.10 Å². The van der Waals surface area contributed by atoms with Gasteiger partial charge in [-0.1, -0.05) is 0 Å². The predicted octanol–water partition coefficient (Wildman–Crippen LogP) is 2.08. The van der Waals surface area contributed by atoms with E-state index < -0.39 is 0 Å². The predicted molar refractivity (Wildman–Crippen MR) is 81.1 cm³/mol. The summed E-state index contributed by atoms with van der Waals surface area (Å²) in [6.45, 7) is 4.39. The molecule has 112 valence electrons. The first-order valence-corrected chi connectivity index (χ1v) is 6.90. The number of amides is 1. The third-order valence-corrected chi connectivity index (χ3v) is 3.06. The molecule has 7 nitrogen and oxygen atoms in total. The van der Waals surface area contributed by atoms with Gasteiger partial charge in [0.25, 0.3) is 11.7 Å². The molecule has 0 saturated heterocycles. The van der Waals surface area contributed by atoms with E-state index in [9.17, 15) is 4.79 Å². The largest absolute Gasteiger partial charge is 0.494 e. The summed E-state index contributed by atoms with van der Waals surface area (Å²) < 4.78 is 6.89. The first kappa shape index (κ1) is 14.0. The molecule has 0 radical (unpaired) electrons. The molecule has 0 aliphatic heterocycles. The van der Waals surface area contributed by atoms with Gasteiger partial charge in [0, 0.05) is 17.6 Å². The van der Waals surface area contributed by atoms with E-state index in [1.54, 1.807) is 36.5 Å². The Labute approximate surface area is 127 Å². The highest BCUT2D eigenvalue weighted by atomic mass is 16.5. The highest BCUT2D eigenvalue weighted by molar-refractivity contribution is 6.01. The molecule has 1 N–H and O–H groups in total. The molecule has 0 aliphatic rings. The molecule has 0 spiro atoms. The van der Waals surface area contributed by atoms with Crippen molar-refractivity contribution in [3.8, 4) is 5.75 Å². The molecule has 0 unspecified atom stereocenters. The van der Waals surface area contributed by atoms with Crippen molar-refractivity contribution in [3.63, 3.8) is 0 Å². The fourth-order valence-corrected chi connectivity index (χ4v) is 1.99. The van der Waals surface area contributed by atoms with Crippen LogP contribution in [0.15, 0.2) is 36.5 Å². The number of aromatic nitrogens is 4. The lowest BCUT2D eigenvalue weighted by Crippen LogP contribution is -2.14. The van der Waals surface area contributed by atoms with E-state index in [0.29, 0.717) is 18.1 Å². The van der Waals surface area contributed by atoms with Gasteiger partial charge < -0.3 is 10.1 Å². The van der Waals surface area contributed by atoms with Crippen LogP contribution in [0.5, 0.6) is 5.75 Å². The van der Waals surface area contributed by atoms with Crippen LogP contribution < -0.4 is 10.1 Å². The summed E-state index contributed by atoms with van der Waals surface area (Å²) in [5.41, 5.74) is 1.51. The fraction of sp³-hybridized carbons (Fsp3) is 0.200. The number of rotatable bonds is 4. The zero-order valence-corrected chi connectivity index (χ0v) is 12.3. The number of aryl methyl sites for hydroxylation is 1. The molecule has 0 saturated carbocycles. The minimum atomic E-state index is -0.381. The molecule has 3 aromatic rings. The van der Waals surface area contributed by atoms with Crippen molar-refractivity contribution in [1.29, 1.82) is 0 Å². The minimum Gasteiger partial charge on any atom is -0.494 e. The van der Waals surface area contributed by atoms with Crippen molar-refractivity contribution in [2.75, 3.05) is 11.9 Å². The maximum absolute atomic E-state index is 12.2. The maximum atomic E-state index is 12.2. The van der Waals surface area contributed by atoms with Crippen molar-refractivity contribution < 1.29 is 9.53 Å². The van der Waals surface area contributed by atoms with Crippen LogP contribution in [0.25, 0.3) is 5.78 Å². The summed E-state index contributed by atoms with van der Waals surface area (Å²) >= 11 is 0. The van der Waals surface area contributed by atoms with Gasteiger partial charge in [-0.2, -0.15) is 4.98 Å². The number of benzene rings is 1.